The van der Waals surface area contributed by atoms with E-state index in [9.17, 15) is 13.2 Å². The lowest BCUT2D eigenvalue weighted by Gasteiger charge is -2.36. The summed E-state index contributed by atoms with van der Waals surface area (Å²) in [6, 6.07) is 12.5. The van der Waals surface area contributed by atoms with Gasteiger partial charge < -0.3 is 16.0 Å². The molecule has 2 aromatic carbocycles. The van der Waals surface area contributed by atoms with E-state index in [1.54, 1.807) is 30.3 Å². The van der Waals surface area contributed by atoms with E-state index in [4.69, 9.17) is 17.3 Å². The molecule has 11 heteroatoms. The zero-order valence-corrected chi connectivity index (χ0v) is 17.7. The Hall–Kier alpha value is -3.11. The summed E-state index contributed by atoms with van der Waals surface area (Å²) in [5.74, 6) is 0.952. The number of aromatic nitrogens is 3. The summed E-state index contributed by atoms with van der Waals surface area (Å²) in [7, 11) is 0. The third kappa shape index (κ3) is 5.57. The van der Waals surface area contributed by atoms with Gasteiger partial charge in [-0.15, -0.1) is 0 Å². The molecule has 0 bridgehead atoms. The Morgan fingerprint density at radius 1 is 0.969 bits per heavy atom. The van der Waals surface area contributed by atoms with E-state index < -0.39 is 11.7 Å². The molecule has 32 heavy (non-hydrogen) atoms. The molecule has 1 fully saturated rings. The molecule has 3 N–H and O–H groups in total. The average molecular weight is 464 g/mol. The summed E-state index contributed by atoms with van der Waals surface area (Å²) >= 11 is 5.90. The smallest absolute Gasteiger partial charge is 0.369 e. The fourth-order valence-electron chi connectivity index (χ4n) is 3.47. The van der Waals surface area contributed by atoms with E-state index in [0.29, 0.717) is 55.2 Å². The van der Waals surface area contributed by atoms with Gasteiger partial charge in [0.05, 0.1) is 12.1 Å². The van der Waals surface area contributed by atoms with Gasteiger partial charge in [-0.05, 0) is 42.5 Å². The average Bonchev–Trinajstić information content (AvgIpc) is 2.75. The highest BCUT2D eigenvalue weighted by molar-refractivity contribution is 6.30. The Bertz CT molecular complexity index is 1070. The van der Waals surface area contributed by atoms with Crippen LogP contribution in [0.5, 0.6) is 0 Å². The predicted molar refractivity (Wildman–Crippen MR) is 118 cm³/mol. The predicted octanol–water partition coefficient (Wildman–Crippen LogP) is 4.19. The minimum atomic E-state index is -4.35. The van der Waals surface area contributed by atoms with Gasteiger partial charge in [0.2, 0.25) is 11.9 Å². The van der Waals surface area contributed by atoms with Crippen molar-refractivity contribution in [2.75, 3.05) is 42.1 Å². The first kappa shape index (κ1) is 22.1. The first-order chi connectivity index (χ1) is 15.3. The Labute approximate surface area is 188 Å². The molecule has 1 aliphatic heterocycles. The fourth-order valence-corrected chi connectivity index (χ4v) is 3.60. The van der Waals surface area contributed by atoms with E-state index in [1.807, 2.05) is 4.90 Å². The van der Waals surface area contributed by atoms with Crippen LogP contribution in [-0.4, -0.2) is 46.0 Å². The monoisotopic (exact) mass is 463 g/mol. The topological polar surface area (TPSA) is 83.2 Å². The Morgan fingerprint density at radius 3 is 2.38 bits per heavy atom. The van der Waals surface area contributed by atoms with E-state index in [0.717, 1.165) is 11.8 Å². The molecule has 0 atom stereocenters. The molecule has 2 heterocycles. The van der Waals surface area contributed by atoms with Crippen molar-refractivity contribution in [1.82, 2.24) is 19.9 Å². The second kappa shape index (κ2) is 9.17. The van der Waals surface area contributed by atoms with Crippen LogP contribution in [0.25, 0.3) is 0 Å². The van der Waals surface area contributed by atoms with Crippen molar-refractivity contribution in [3.8, 4) is 0 Å². The molecule has 0 unspecified atom stereocenters. The molecule has 1 aromatic heterocycles. The molecule has 0 amide bonds. The lowest BCUT2D eigenvalue weighted by Crippen LogP contribution is -2.46. The second-order valence-corrected chi connectivity index (χ2v) is 7.81. The third-order valence-electron chi connectivity index (χ3n) is 5.08. The van der Waals surface area contributed by atoms with Crippen molar-refractivity contribution in [3.05, 3.63) is 64.9 Å². The maximum Gasteiger partial charge on any atom is 0.416 e. The summed E-state index contributed by atoms with van der Waals surface area (Å²) in [5.41, 5.74) is 6.54. The number of alkyl halides is 3. The highest BCUT2D eigenvalue weighted by atomic mass is 35.5. The fraction of sp³-hybridized carbons (Fsp3) is 0.286. The SMILES string of the molecule is Nc1nc(CN2CCN(c3cccc(C(F)(F)F)c3)CC2)nc(Nc2ccc(Cl)cc2)n1. The van der Waals surface area contributed by atoms with Crippen molar-refractivity contribution in [3.63, 3.8) is 0 Å². The van der Waals surface area contributed by atoms with E-state index in [2.05, 4.69) is 25.2 Å². The van der Waals surface area contributed by atoms with Crippen LogP contribution in [0.1, 0.15) is 11.4 Å². The van der Waals surface area contributed by atoms with Crippen LogP contribution in [0.4, 0.5) is 36.4 Å². The largest absolute Gasteiger partial charge is 0.416 e. The van der Waals surface area contributed by atoms with Gasteiger partial charge in [0.1, 0.15) is 5.82 Å². The van der Waals surface area contributed by atoms with Gasteiger partial charge in [-0.1, -0.05) is 17.7 Å². The Kier molecular flexibility index (Phi) is 6.33. The number of hydrogen-bond acceptors (Lipinski definition) is 7. The molecule has 3 aromatic rings. The maximum absolute atomic E-state index is 13.0. The minimum absolute atomic E-state index is 0.106. The van der Waals surface area contributed by atoms with Gasteiger partial charge in [0, 0.05) is 42.6 Å². The van der Waals surface area contributed by atoms with Crippen LogP contribution >= 0.6 is 11.6 Å². The van der Waals surface area contributed by atoms with Crippen molar-refractivity contribution in [1.29, 1.82) is 0 Å². The summed E-state index contributed by atoms with van der Waals surface area (Å²) in [4.78, 5) is 16.8. The number of nitrogens with two attached hydrogens (primary N) is 1. The number of anilines is 4. The lowest BCUT2D eigenvalue weighted by molar-refractivity contribution is -0.137. The molecule has 1 saturated heterocycles. The first-order valence-electron chi connectivity index (χ1n) is 9.94. The van der Waals surface area contributed by atoms with Gasteiger partial charge >= 0.3 is 6.18 Å². The number of halogens is 4. The van der Waals surface area contributed by atoms with Gasteiger partial charge in [-0.25, -0.2) is 0 Å². The summed E-state index contributed by atoms with van der Waals surface area (Å²) in [6.45, 7) is 2.96. The molecular weight excluding hydrogens is 443 g/mol. The second-order valence-electron chi connectivity index (χ2n) is 7.38. The lowest BCUT2D eigenvalue weighted by atomic mass is 10.1. The van der Waals surface area contributed by atoms with Crippen LogP contribution in [-0.2, 0) is 12.7 Å². The number of hydrogen-bond donors (Lipinski definition) is 2. The summed E-state index contributed by atoms with van der Waals surface area (Å²) in [6.07, 6.45) is -4.35. The van der Waals surface area contributed by atoms with E-state index >= 15 is 0 Å². The van der Waals surface area contributed by atoms with Gasteiger partial charge in [0.15, 0.2) is 0 Å². The zero-order chi connectivity index (χ0) is 22.7. The van der Waals surface area contributed by atoms with Crippen LogP contribution in [0.15, 0.2) is 48.5 Å². The highest BCUT2D eigenvalue weighted by Crippen LogP contribution is 2.32. The molecule has 0 saturated carbocycles. The van der Waals surface area contributed by atoms with Gasteiger partial charge in [-0.3, -0.25) is 4.90 Å². The first-order valence-corrected chi connectivity index (χ1v) is 10.3. The number of benzene rings is 2. The minimum Gasteiger partial charge on any atom is -0.369 e. The molecule has 7 nitrogen and oxygen atoms in total. The Morgan fingerprint density at radius 2 is 1.69 bits per heavy atom. The number of rotatable bonds is 5. The molecule has 4 rings (SSSR count). The standard InChI is InChI=1S/C21H21ClF3N7/c22-15-4-6-16(7-5-15)27-20-29-18(28-19(26)30-20)13-31-8-10-32(11-9-31)17-3-1-2-14(12-17)21(23,24)25/h1-7,12H,8-11,13H2,(H3,26,27,28,29,30). The molecular formula is C21H21ClF3N7. The summed E-state index contributed by atoms with van der Waals surface area (Å²) in [5, 5.41) is 3.70. The van der Waals surface area contributed by atoms with E-state index in [1.165, 1.54) is 12.1 Å². The van der Waals surface area contributed by atoms with Crippen molar-refractivity contribution >= 4 is 34.9 Å². The van der Waals surface area contributed by atoms with Crippen LogP contribution in [0.3, 0.4) is 0 Å². The van der Waals surface area contributed by atoms with Gasteiger partial charge in [0.25, 0.3) is 0 Å². The number of nitrogens with one attached hydrogen (secondary N) is 1. The number of nitrogens with zero attached hydrogens (tertiary/aromatic N) is 5. The normalized spacial score (nSPS) is 15.1. The van der Waals surface area contributed by atoms with Crippen LogP contribution in [0, 0.1) is 0 Å². The van der Waals surface area contributed by atoms with E-state index in [-0.39, 0.29) is 5.95 Å². The summed E-state index contributed by atoms with van der Waals surface area (Å²) < 4.78 is 39.0. The Balaban J connectivity index is 1.38. The number of piperazine rings is 1. The highest BCUT2D eigenvalue weighted by Gasteiger charge is 2.31. The maximum atomic E-state index is 13.0. The zero-order valence-electron chi connectivity index (χ0n) is 17.0. The molecule has 0 spiro atoms. The molecule has 0 radical (unpaired) electrons. The van der Waals surface area contributed by atoms with Crippen molar-refractivity contribution < 1.29 is 13.2 Å². The molecule has 0 aliphatic carbocycles. The van der Waals surface area contributed by atoms with Gasteiger partial charge in [-0.2, -0.15) is 28.1 Å². The van der Waals surface area contributed by atoms with Crippen LogP contribution in [0.2, 0.25) is 5.02 Å². The van der Waals surface area contributed by atoms with Crippen LogP contribution < -0.4 is 16.0 Å². The number of nitrogen functional groups attached to an aromatic ring is 1. The quantitative estimate of drug-likeness (QED) is 0.587. The molecule has 168 valence electrons. The third-order valence-corrected chi connectivity index (χ3v) is 5.33. The van der Waals surface area contributed by atoms with Crippen molar-refractivity contribution in [2.45, 2.75) is 12.7 Å². The van der Waals surface area contributed by atoms with Crippen molar-refractivity contribution in [2.24, 2.45) is 0 Å². The molecule has 1 aliphatic rings.